The third kappa shape index (κ3) is 47.9. The molecule has 1 atom stereocenters. The first-order valence-electron chi connectivity index (χ1n) is 25.9. The zero-order valence-corrected chi connectivity index (χ0v) is 40.6. The number of esters is 3. The first kappa shape index (κ1) is 58.9. The third-order valence-electron chi connectivity index (χ3n) is 10.9. The average Bonchev–Trinajstić information content (AvgIpc) is 3.27. The van der Waals surface area contributed by atoms with Crippen LogP contribution in [0.2, 0.25) is 0 Å². The molecule has 6 nitrogen and oxygen atoms in total. The van der Waals surface area contributed by atoms with Gasteiger partial charge in [0.1, 0.15) is 13.2 Å². The predicted octanol–water partition coefficient (Wildman–Crippen LogP) is 17.0. The second-order valence-corrected chi connectivity index (χ2v) is 17.1. The van der Waals surface area contributed by atoms with Crippen molar-refractivity contribution in [2.45, 2.75) is 252 Å². The minimum Gasteiger partial charge on any atom is -0.462 e. The van der Waals surface area contributed by atoms with Crippen molar-refractivity contribution in [3.63, 3.8) is 0 Å². The van der Waals surface area contributed by atoms with Crippen LogP contribution in [0.5, 0.6) is 0 Å². The highest BCUT2D eigenvalue weighted by molar-refractivity contribution is 5.71. The summed E-state index contributed by atoms with van der Waals surface area (Å²) < 4.78 is 16.8. The van der Waals surface area contributed by atoms with Gasteiger partial charge < -0.3 is 14.2 Å². The first-order valence-corrected chi connectivity index (χ1v) is 25.9. The fourth-order valence-electron chi connectivity index (χ4n) is 6.96. The Morgan fingerprint density at radius 1 is 0.323 bits per heavy atom. The lowest BCUT2D eigenvalue weighted by Gasteiger charge is -2.18. The first-order chi connectivity index (χ1) is 30.5. The molecule has 0 aliphatic carbocycles. The van der Waals surface area contributed by atoms with Crippen molar-refractivity contribution in [2.75, 3.05) is 13.2 Å². The van der Waals surface area contributed by atoms with E-state index in [1.807, 2.05) is 0 Å². The number of rotatable bonds is 46. The smallest absolute Gasteiger partial charge is 0.306 e. The molecule has 0 spiro atoms. The van der Waals surface area contributed by atoms with Crippen LogP contribution < -0.4 is 0 Å². The van der Waals surface area contributed by atoms with Gasteiger partial charge in [-0.25, -0.2) is 0 Å². The van der Waals surface area contributed by atoms with Gasteiger partial charge in [-0.3, -0.25) is 14.4 Å². The molecule has 0 aliphatic heterocycles. The summed E-state index contributed by atoms with van der Waals surface area (Å²) >= 11 is 0. The van der Waals surface area contributed by atoms with E-state index in [1.165, 1.54) is 70.6 Å². The summed E-state index contributed by atoms with van der Waals surface area (Å²) in [5.41, 5.74) is 0. The van der Waals surface area contributed by atoms with E-state index < -0.39 is 6.10 Å². The highest BCUT2D eigenvalue weighted by atomic mass is 16.6. The molecule has 0 aromatic rings. The van der Waals surface area contributed by atoms with Crippen LogP contribution in [0.1, 0.15) is 245 Å². The molecule has 0 rings (SSSR count). The molecule has 0 saturated heterocycles. The van der Waals surface area contributed by atoms with Crippen LogP contribution in [0, 0.1) is 0 Å². The summed E-state index contributed by atoms with van der Waals surface area (Å²) in [5.74, 6) is -0.926. The normalized spacial score (nSPS) is 12.6. The quantitative estimate of drug-likeness (QED) is 0.0262. The zero-order chi connectivity index (χ0) is 45.1. The van der Waals surface area contributed by atoms with Gasteiger partial charge >= 0.3 is 17.9 Å². The Kier molecular flexibility index (Phi) is 47.9. The molecule has 0 radical (unpaired) electrons. The van der Waals surface area contributed by atoms with E-state index in [0.717, 1.165) is 135 Å². The Hall–Kier alpha value is -3.15. The summed E-state index contributed by atoms with van der Waals surface area (Å²) in [4.78, 5) is 38.0. The standard InChI is InChI=1S/C56H96O6/c1-4-7-10-13-16-19-22-25-26-27-28-29-32-34-37-40-43-46-49-55(58)61-52-53(62-56(59)50-47-44-41-38-35-31-24-21-18-15-12-9-6-3)51-60-54(57)48-45-42-39-36-33-30-23-20-17-14-11-8-5-2/h11-12,14-15,19-24,26-27,53H,4-10,13,16-18,25,28-52H2,1-3H3/b14-11-,15-12-,22-19-,23-20-,24-21-,27-26-. The van der Waals surface area contributed by atoms with Crippen molar-refractivity contribution in [1.29, 1.82) is 0 Å². The monoisotopic (exact) mass is 865 g/mol. The number of carbonyl (C=O) groups is 3. The molecule has 0 amide bonds. The molecule has 0 heterocycles. The molecule has 6 heteroatoms. The van der Waals surface area contributed by atoms with E-state index in [0.29, 0.717) is 19.3 Å². The Morgan fingerprint density at radius 3 is 0.952 bits per heavy atom. The molecule has 0 aliphatic rings. The second-order valence-electron chi connectivity index (χ2n) is 17.1. The van der Waals surface area contributed by atoms with Crippen LogP contribution in [0.15, 0.2) is 72.9 Å². The van der Waals surface area contributed by atoms with Gasteiger partial charge in [-0.15, -0.1) is 0 Å². The molecular formula is C56H96O6. The number of hydrogen-bond donors (Lipinski definition) is 0. The Balaban J connectivity index is 4.40. The molecule has 0 aromatic heterocycles. The van der Waals surface area contributed by atoms with Crippen molar-refractivity contribution in [2.24, 2.45) is 0 Å². The Labute approximate surface area is 382 Å². The van der Waals surface area contributed by atoms with Gasteiger partial charge in [0.15, 0.2) is 6.10 Å². The van der Waals surface area contributed by atoms with Gasteiger partial charge in [-0.05, 0) is 103 Å². The van der Waals surface area contributed by atoms with Gasteiger partial charge in [0.25, 0.3) is 0 Å². The number of hydrogen-bond acceptors (Lipinski definition) is 6. The maximum absolute atomic E-state index is 12.8. The van der Waals surface area contributed by atoms with Crippen LogP contribution in [-0.2, 0) is 28.6 Å². The maximum atomic E-state index is 12.8. The van der Waals surface area contributed by atoms with Crippen LogP contribution >= 0.6 is 0 Å². The van der Waals surface area contributed by atoms with Gasteiger partial charge in [0.05, 0.1) is 0 Å². The van der Waals surface area contributed by atoms with Gasteiger partial charge in [-0.2, -0.15) is 0 Å². The van der Waals surface area contributed by atoms with Gasteiger partial charge in [-0.1, -0.05) is 196 Å². The number of carbonyl (C=O) groups excluding carboxylic acids is 3. The molecule has 0 saturated carbocycles. The van der Waals surface area contributed by atoms with Crippen molar-refractivity contribution in [3.8, 4) is 0 Å². The van der Waals surface area contributed by atoms with E-state index in [2.05, 4.69) is 93.7 Å². The summed E-state index contributed by atoms with van der Waals surface area (Å²) in [6, 6.07) is 0. The molecule has 0 aromatic carbocycles. The van der Waals surface area contributed by atoms with Crippen LogP contribution in [0.25, 0.3) is 0 Å². The van der Waals surface area contributed by atoms with Crippen LogP contribution in [-0.4, -0.2) is 37.2 Å². The lowest BCUT2D eigenvalue weighted by Crippen LogP contribution is -2.30. The van der Waals surface area contributed by atoms with Crippen molar-refractivity contribution in [3.05, 3.63) is 72.9 Å². The fraction of sp³-hybridized carbons (Fsp3) is 0.732. The summed E-state index contributed by atoms with van der Waals surface area (Å²) in [6.07, 6.45) is 63.1. The molecule has 0 bridgehead atoms. The largest absolute Gasteiger partial charge is 0.462 e. The highest BCUT2D eigenvalue weighted by Gasteiger charge is 2.19. The van der Waals surface area contributed by atoms with Crippen molar-refractivity contribution >= 4 is 17.9 Å². The molecule has 62 heavy (non-hydrogen) atoms. The maximum Gasteiger partial charge on any atom is 0.306 e. The summed E-state index contributed by atoms with van der Waals surface area (Å²) in [7, 11) is 0. The Bertz CT molecular complexity index is 1180. The lowest BCUT2D eigenvalue weighted by molar-refractivity contribution is -0.167. The predicted molar refractivity (Wildman–Crippen MR) is 265 cm³/mol. The van der Waals surface area contributed by atoms with Gasteiger partial charge in [0.2, 0.25) is 0 Å². The Morgan fingerprint density at radius 2 is 0.613 bits per heavy atom. The molecule has 356 valence electrons. The summed E-state index contributed by atoms with van der Waals surface area (Å²) in [5, 5.41) is 0. The topological polar surface area (TPSA) is 78.9 Å². The van der Waals surface area contributed by atoms with E-state index in [4.69, 9.17) is 14.2 Å². The van der Waals surface area contributed by atoms with E-state index >= 15 is 0 Å². The highest BCUT2D eigenvalue weighted by Crippen LogP contribution is 2.14. The SMILES string of the molecule is CCC/C=C\C/C=C\CCCCCCCC(=O)OCC(COC(=O)CCCCCCCCC/C=C\C/C=C\CCCCCC)OC(=O)CCCCCCC/C=C\C/C=C\CCC. The van der Waals surface area contributed by atoms with Gasteiger partial charge in [0, 0.05) is 19.3 Å². The minimum atomic E-state index is -0.791. The lowest BCUT2D eigenvalue weighted by atomic mass is 10.1. The molecular weight excluding hydrogens is 769 g/mol. The van der Waals surface area contributed by atoms with Crippen LogP contribution in [0.4, 0.5) is 0 Å². The molecule has 1 unspecified atom stereocenters. The molecule has 0 fully saturated rings. The van der Waals surface area contributed by atoms with E-state index in [-0.39, 0.29) is 31.1 Å². The van der Waals surface area contributed by atoms with E-state index in [1.54, 1.807) is 0 Å². The summed E-state index contributed by atoms with van der Waals surface area (Å²) in [6.45, 7) is 6.46. The zero-order valence-electron chi connectivity index (χ0n) is 40.6. The number of unbranched alkanes of at least 4 members (excludes halogenated alkanes) is 23. The van der Waals surface area contributed by atoms with E-state index in [9.17, 15) is 14.4 Å². The van der Waals surface area contributed by atoms with Crippen molar-refractivity contribution < 1.29 is 28.6 Å². The average molecular weight is 865 g/mol. The number of ether oxygens (including phenoxy) is 3. The van der Waals surface area contributed by atoms with Crippen LogP contribution in [0.3, 0.4) is 0 Å². The second kappa shape index (κ2) is 50.5. The number of allylic oxidation sites excluding steroid dienone is 12. The van der Waals surface area contributed by atoms with Crippen molar-refractivity contribution in [1.82, 2.24) is 0 Å². The molecule has 0 N–H and O–H groups in total. The fourth-order valence-corrected chi connectivity index (χ4v) is 6.96. The minimum absolute atomic E-state index is 0.0903. The third-order valence-corrected chi connectivity index (χ3v) is 10.9.